The van der Waals surface area contributed by atoms with Gasteiger partial charge in [0.25, 0.3) is 0 Å². The number of hydrogen-bond acceptors (Lipinski definition) is 4. The molecule has 122 valence electrons. The molecule has 1 unspecified atom stereocenters. The van der Waals surface area contributed by atoms with Gasteiger partial charge in [-0.25, -0.2) is 9.97 Å². The number of nitrogens with zero attached hydrogens (tertiary/aromatic N) is 3. The molecule has 5 nitrogen and oxygen atoms in total. The van der Waals surface area contributed by atoms with Crippen LogP contribution in [0.2, 0.25) is 0 Å². The van der Waals surface area contributed by atoms with Gasteiger partial charge in [0, 0.05) is 24.7 Å². The van der Waals surface area contributed by atoms with Crippen LogP contribution in [-0.4, -0.2) is 34.5 Å². The van der Waals surface area contributed by atoms with Gasteiger partial charge in [0.2, 0.25) is 5.91 Å². The second-order valence-electron chi connectivity index (χ2n) is 7.28. The molecule has 1 aromatic heterocycles. The minimum atomic E-state index is -0.273. The lowest BCUT2D eigenvalue weighted by molar-refractivity contribution is -0.123. The molecule has 0 spiro atoms. The summed E-state index contributed by atoms with van der Waals surface area (Å²) in [5.74, 6) is 2.22. The van der Waals surface area contributed by atoms with Crippen LogP contribution in [0.15, 0.2) is 12.3 Å². The van der Waals surface area contributed by atoms with Gasteiger partial charge in [-0.2, -0.15) is 0 Å². The lowest BCUT2D eigenvalue weighted by atomic mass is 10.1. The Morgan fingerprint density at radius 1 is 1.36 bits per heavy atom. The number of carbonyl (C=O) groups excluding carboxylic acids is 1. The quantitative estimate of drug-likeness (QED) is 0.929. The van der Waals surface area contributed by atoms with Crippen molar-refractivity contribution in [2.24, 2.45) is 0 Å². The van der Waals surface area contributed by atoms with Crippen molar-refractivity contribution in [2.45, 2.75) is 70.9 Å². The molecular formula is C17H28N4O. The molecule has 5 heteroatoms. The summed E-state index contributed by atoms with van der Waals surface area (Å²) in [5.41, 5.74) is -0.229. The molecule has 1 atom stereocenters. The normalized spacial score (nSPS) is 17.3. The summed E-state index contributed by atoms with van der Waals surface area (Å²) in [7, 11) is 1.91. The first kappa shape index (κ1) is 16.7. The fraction of sp³-hybridized carbons (Fsp3) is 0.706. The van der Waals surface area contributed by atoms with Crippen LogP contribution in [-0.2, 0) is 4.79 Å². The molecule has 0 aliphatic heterocycles. The second kappa shape index (κ2) is 6.63. The van der Waals surface area contributed by atoms with Crippen molar-refractivity contribution in [1.29, 1.82) is 0 Å². The summed E-state index contributed by atoms with van der Waals surface area (Å²) >= 11 is 0. The van der Waals surface area contributed by atoms with Crippen LogP contribution in [0.5, 0.6) is 0 Å². The second-order valence-corrected chi connectivity index (χ2v) is 7.28. The SMILES string of the molecule is CC(C(=O)NC(C)(C)C)N(C)c1ccnc(C2CCCC2)n1. The fourth-order valence-electron chi connectivity index (χ4n) is 2.79. The molecule has 1 fully saturated rings. The highest BCUT2D eigenvalue weighted by atomic mass is 16.2. The van der Waals surface area contributed by atoms with E-state index in [-0.39, 0.29) is 17.5 Å². The van der Waals surface area contributed by atoms with Gasteiger partial charge in [0.05, 0.1) is 0 Å². The molecule has 1 heterocycles. The molecule has 2 rings (SSSR count). The number of amides is 1. The molecule has 1 saturated carbocycles. The lowest BCUT2D eigenvalue weighted by Crippen LogP contribution is -2.50. The van der Waals surface area contributed by atoms with Crippen molar-refractivity contribution in [2.75, 3.05) is 11.9 Å². The Bertz CT molecular complexity index is 518. The van der Waals surface area contributed by atoms with Crippen molar-refractivity contribution in [3.63, 3.8) is 0 Å². The van der Waals surface area contributed by atoms with Crippen molar-refractivity contribution in [3.8, 4) is 0 Å². The Labute approximate surface area is 133 Å². The van der Waals surface area contributed by atoms with Gasteiger partial charge in [-0.3, -0.25) is 4.79 Å². The van der Waals surface area contributed by atoms with Gasteiger partial charge in [0.15, 0.2) is 0 Å². The Kier molecular flexibility index (Phi) is 5.04. The summed E-state index contributed by atoms with van der Waals surface area (Å²) < 4.78 is 0. The van der Waals surface area contributed by atoms with Gasteiger partial charge < -0.3 is 10.2 Å². The average Bonchev–Trinajstić information content (AvgIpc) is 2.98. The average molecular weight is 304 g/mol. The van der Waals surface area contributed by atoms with Gasteiger partial charge in [-0.15, -0.1) is 0 Å². The zero-order valence-corrected chi connectivity index (χ0v) is 14.4. The third kappa shape index (κ3) is 4.18. The van der Waals surface area contributed by atoms with E-state index >= 15 is 0 Å². The van der Waals surface area contributed by atoms with Crippen molar-refractivity contribution in [1.82, 2.24) is 15.3 Å². The van der Waals surface area contributed by atoms with E-state index < -0.39 is 0 Å². The molecule has 1 amide bonds. The fourth-order valence-corrected chi connectivity index (χ4v) is 2.79. The van der Waals surface area contributed by atoms with E-state index in [0.29, 0.717) is 5.92 Å². The summed E-state index contributed by atoms with van der Waals surface area (Å²) in [6, 6.07) is 1.60. The Balaban J connectivity index is 2.09. The van der Waals surface area contributed by atoms with Crippen LogP contribution in [0.3, 0.4) is 0 Å². The maximum absolute atomic E-state index is 12.3. The molecule has 0 aromatic carbocycles. The number of carbonyl (C=O) groups is 1. The molecule has 0 radical (unpaired) electrons. The third-order valence-corrected chi connectivity index (χ3v) is 4.20. The topological polar surface area (TPSA) is 58.1 Å². The summed E-state index contributed by atoms with van der Waals surface area (Å²) in [4.78, 5) is 23.4. The predicted molar refractivity (Wildman–Crippen MR) is 89.0 cm³/mol. The van der Waals surface area contributed by atoms with Crippen molar-refractivity contribution in [3.05, 3.63) is 18.1 Å². The molecule has 1 N–H and O–H groups in total. The van der Waals surface area contributed by atoms with Crippen LogP contribution in [0, 0.1) is 0 Å². The molecule has 22 heavy (non-hydrogen) atoms. The zero-order valence-electron chi connectivity index (χ0n) is 14.4. The van der Waals surface area contributed by atoms with Crippen molar-refractivity contribution >= 4 is 11.7 Å². The van der Waals surface area contributed by atoms with Crippen LogP contribution in [0.4, 0.5) is 5.82 Å². The number of hydrogen-bond donors (Lipinski definition) is 1. The van der Waals surface area contributed by atoms with Crippen molar-refractivity contribution < 1.29 is 4.79 Å². The molecule has 1 aliphatic carbocycles. The molecule has 0 saturated heterocycles. The van der Waals surface area contributed by atoms with Crippen LogP contribution in [0.25, 0.3) is 0 Å². The van der Waals surface area contributed by atoms with Gasteiger partial charge in [0.1, 0.15) is 17.7 Å². The predicted octanol–water partition coefficient (Wildman–Crippen LogP) is 2.87. The first-order chi connectivity index (χ1) is 10.3. The highest BCUT2D eigenvalue weighted by molar-refractivity contribution is 5.84. The molecule has 1 aliphatic rings. The Morgan fingerprint density at radius 3 is 2.59 bits per heavy atom. The molecule has 1 aromatic rings. The Hall–Kier alpha value is -1.65. The van der Waals surface area contributed by atoms with Gasteiger partial charge >= 0.3 is 0 Å². The van der Waals surface area contributed by atoms with Crippen LogP contribution in [0.1, 0.15) is 65.1 Å². The standard InChI is InChI=1S/C17H28N4O/c1-12(16(22)20-17(2,3)4)21(5)14-10-11-18-15(19-14)13-8-6-7-9-13/h10-13H,6-9H2,1-5H3,(H,20,22). The van der Waals surface area contributed by atoms with E-state index in [0.717, 1.165) is 11.6 Å². The maximum atomic E-state index is 12.3. The number of likely N-dealkylation sites (N-methyl/N-ethyl adjacent to an activating group) is 1. The maximum Gasteiger partial charge on any atom is 0.242 e. The Morgan fingerprint density at radius 2 is 2.00 bits per heavy atom. The zero-order chi connectivity index (χ0) is 16.3. The van der Waals surface area contributed by atoms with E-state index in [9.17, 15) is 4.79 Å². The number of anilines is 1. The number of nitrogens with one attached hydrogen (secondary N) is 1. The molecular weight excluding hydrogens is 276 g/mol. The van der Waals surface area contributed by atoms with E-state index in [1.807, 2.05) is 45.7 Å². The number of aromatic nitrogens is 2. The van der Waals surface area contributed by atoms with Gasteiger partial charge in [-0.05, 0) is 46.6 Å². The highest BCUT2D eigenvalue weighted by Crippen LogP contribution is 2.32. The smallest absolute Gasteiger partial charge is 0.242 e. The summed E-state index contributed by atoms with van der Waals surface area (Å²) in [6.07, 6.45) is 6.68. The van der Waals surface area contributed by atoms with Gasteiger partial charge in [-0.1, -0.05) is 12.8 Å². The monoisotopic (exact) mass is 304 g/mol. The van der Waals surface area contributed by atoms with E-state index in [1.165, 1.54) is 25.7 Å². The minimum absolute atomic E-state index is 0.0102. The first-order valence-corrected chi connectivity index (χ1v) is 8.16. The van der Waals surface area contributed by atoms with Crippen LogP contribution < -0.4 is 10.2 Å². The van der Waals surface area contributed by atoms with E-state index in [4.69, 9.17) is 0 Å². The van der Waals surface area contributed by atoms with Crippen LogP contribution >= 0.6 is 0 Å². The van der Waals surface area contributed by atoms with E-state index in [1.54, 1.807) is 6.20 Å². The minimum Gasteiger partial charge on any atom is -0.350 e. The largest absolute Gasteiger partial charge is 0.350 e. The number of rotatable bonds is 4. The molecule has 0 bridgehead atoms. The summed E-state index contributed by atoms with van der Waals surface area (Å²) in [5, 5.41) is 3.02. The summed E-state index contributed by atoms with van der Waals surface area (Å²) in [6.45, 7) is 7.86. The first-order valence-electron chi connectivity index (χ1n) is 8.16. The lowest BCUT2D eigenvalue weighted by Gasteiger charge is -2.29. The third-order valence-electron chi connectivity index (χ3n) is 4.20. The van der Waals surface area contributed by atoms with E-state index in [2.05, 4.69) is 15.3 Å². The highest BCUT2D eigenvalue weighted by Gasteiger charge is 2.25.